The Hall–Kier alpha value is -1.32. The van der Waals surface area contributed by atoms with Crippen molar-refractivity contribution in [2.75, 3.05) is 6.54 Å². The van der Waals surface area contributed by atoms with Gasteiger partial charge in [-0.05, 0) is 25.7 Å². The largest absolute Gasteiger partial charge is 0.512 e. The Morgan fingerprint density at radius 2 is 1.58 bits per heavy atom. The van der Waals surface area contributed by atoms with Gasteiger partial charge in [0.15, 0.2) is 5.78 Å². The third-order valence-electron chi connectivity index (χ3n) is 4.71. The molecule has 0 aromatic rings. The van der Waals surface area contributed by atoms with E-state index in [0.29, 0.717) is 18.9 Å². The molecular formula is C20H35NO3. The normalized spacial score (nSPS) is 20.4. The van der Waals surface area contributed by atoms with E-state index in [0.717, 1.165) is 12.8 Å². The molecule has 4 heteroatoms. The van der Waals surface area contributed by atoms with Crippen molar-refractivity contribution in [1.29, 1.82) is 0 Å². The van der Waals surface area contributed by atoms with Crippen LogP contribution in [0.25, 0.3) is 0 Å². The van der Waals surface area contributed by atoms with E-state index in [9.17, 15) is 14.7 Å². The SMILES string of the molecule is CCCCCCCCCCN1C(=O)C(=C(C)O)C(=O)[C@H]1CC(C)C. The van der Waals surface area contributed by atoms with E-state index in [1.807, 2.05) is 0 Å². The van der Waals surface area contributed by atoms with Crippen LogP contribution < -0.4 is 0 Å². The molecule has 0 aliphatic carbocycles. The van der Waals surface area contributed by atoms with Crippen molar-refractivity contribution in [3.05, 3.63) is 11.3 Å². The summed E-state index contributed by atoms with van der Waals surface area (Å²) in [7, 11) is 0. The van der Waals surface area contributed by atoms with Gasteiger partial charge in [0.05, 0.1) is 6.04 Å². The second-order valence-electron chi connectivity index (χ2n) is 7.44. The molecule has 0 aromatic heterocycles. The van der Waals surface area contributed by atoms with Gasteiger partial charge in [-0.1, -0.05) is 65.7 Å². The molecule has 1 saturated heterocycles. The second kappa shape index (κ2) is 10.5. The predicted octanol–water partition coefficient (Wildman–Crippen LogP) is 4.79. The number of aliphatic hydroxyl groups is 1. The summed E-state index contributed by atoms with van der Waals surface area (Å²) < 4.78 is 0. The number of hydrogen-bond donors (Lipinski definition) is 1. The number of carbonyl (C=O) groups is 2. The van der Waals surface area contributed by atoms with Crippen LogP contribution in [0.5, 0.6) is 0 Å². The summed E-state index contributed by atoms with van der Waals surface area (Å²) in [5, 5.41) is 9.69. The fourth-order valence-corrected chi connectivity index (χ4v) is 3.39. The van der Waals surface area contributed by atoms with E-state index in [1.165, 1.54) is 45.4 Å². The first kappa shape index (κ1) is 20.7. The van der Waals surface area contributed by atoms with Gasteiger partial charge in [-0.3, -0.25) is 9.59 Å². The van der Waals surface area contributed by atoms with Crippen LogP contribution in [-0.2, 0) is 9.59 Å². The minimum atomic E-state index is -0.390. The number of ketones is 1. The smallest absolute Gasteiger partial charge is 0.261 e. The molecule has 1 aliphatic rings. The average Bonchev–Trinajstić information content (AvgIpc) is 2.73. The van der Waals surface area contributed by atoms with Crippen molar-refractivity contribution in [2.45, 2.75) is 91.5 Å². The third-order valence-corrected chi connectivity index (χ3v) is 4.71. The number of unbranched alkanes of at least 4 members (excludes halogenated alkanes) is 7. The maximum Gasteiger partial charge on any atom is 0.261 e. The minimum absolute atomic E-state index is 0.000200. The van der Waals surface area contributed by atoms with Gasteiger partial charge in [-0.2, -0.15) is 0 Å². The van der Waals surface area contributed by atoms with E-state index in [2.05, 4.69) is 20.8 Å². The molecule has 1 heterocycles. The van der Waals surface area contributed by atoms with Crippen LogP contribution in [0.4, 0.5) is 0 Å². The highest BCUT2D eigenvalue weighted by Crippen LogP contribution is 2.27. The molecule has 1 fully saturated rings. The summed E-state index contributed by atoms with van der Waals surface area (Å²) in [4.78, 5) is 26.6. The molecule has 0 bridgehead atoms. The molecule has 24 heavy (non-hydrogen) atoms. The van der Waals surface area contributed by atoms with Gasteiger partial charge in [0.1, 0.15) is 11.3 Å². The number of aliphatic hydroxyl groups excluding tert-OH is 1. The Morgan fingerprint density at radius 1 is 1.04 bits per heavy atom. The fraction of sp³-hybridized carbons (Fsp3) is 0.800. The first-order valence-electron chi connectivity index (χ1n) is 9.65. The molecular weight excluding hydrogens is 302 g/mol. The van der Waals surface area contributed by atoms with E-state index < -0.39 is 0 Å². The quantitative estimate of drug-likeness (QED) is 0.255. The van der Waals surface area contributed by atoms with Crippen molar-refractivity contribution in [2.24, 2.45) is 5.92 Å². The molecule has 0 spiro atoms. The molecule has 1 amide bonds. The Morgan fingerprint density at radius 3 is 2.08 bits per heavy atom. The summed E-state index contributed by atoms with van der Waals surface area (Å²) in [5.41, 5.74) is 0.000200. The third kappa shape index (κ3) is 5.95. The molecule has 0 saturated carbocycles. The van der Waals surface area contributed by atoms with Crippen LogP contribution in [0.1, 0.15) is 85.5 Å². The van der Waals surface area contributed by atoms with Crippen molar-refractivity contribution in [3.8, 4) is 0 Å². The number of nitrogens with zero attached hydrogens (tertiary/aromatic N) is 1. The standard InChI is InChI=1S/C20H35NO3/c1-5-6-7-8-9-10-11-12-13-21-17(14-15(2)3)19(23)18(16(4)22)20(21)24/h15,17,22H,5-14H2,1-4H3/t17-/m1/s1. The zero-order chi connectivity index (χ0) is 18.1. The number of rotatable bonds is 11. The molecule has 1 atom stereocenters. The summed E-state index contributed by atoms with van der Waals surface area (Å²) in [6, 6.07) is -0.390. The number of carbonyl (C=O) groups excluding carboxylic acids is 2. The van der Waals surface area contributed by atoms with Crippen molar-refractivity contribution >= 4 is 11.7 Å². The molecule has 1 rings (SSSR count). The van der Waals surface area contributed by atoms with Crippen LogP contribution in [-0.4, -0.2) is 34.3 Å². The number of amides is 1. The van der Waals surface area contributed by atoms with Crippen molar-refractivity contribution in [1.82, 2.24) is 4.90 Å². The van der Waals surface area contributed by atoms with Crippen LogP contribution in [0, 0.1) is 5.92 Å². The van der Waals surface area contributed by atoms with Crippen LogP contribution in [0.3, 0.4) is 0 Å². The zero-order valence-electron chi connectivity index (χ0n) is 15.9. The molecule has 0 radical (unpaired) electrons. The van der Waals surface area contributed by atoms with Gasteiger partial charge in [0.25, 0.3) is 5.91 Å². The summed E-state index contributed by atoms with van der Waals surface area (Å²) in [6.07, 6.45) is 10.3. The number of Topliss-reactive ketones (excluding diaryl/α,β-unsaturated/α-hetero) is 1. The van der Waals surface area contributed by atoms with Gasteiger partial charge >= 0.3 is 0 Å². The van der Waals surface area contributed by atoms with E-state index in [-0.39, 0.29) is 29.1 Å². The molecule has 0 aromatic carbocycles. The topological polar surface area (TPSA) is 57.6 Å². The predicted molar refractivity (Wildman–Crippen MR) is 97.9 cm³/mol. The zero-order valence-corrected chi connectivity index (χ0v) is 15.9. The molecule has 0 unspecified atom stereocenters. The van der Waals surface area contributed by atoms with Gasteiger partial charge < -0.3 is 10.0 Å². The summed E-state index contributed by atoms with van der Waals surface area (Å²) >= 11 is 0. The van der Waals surface area contributed by atoms with Gasteiger partial charge in [-0.25, -0.2) is 0 Å². The van der Waals surface area contributed by atoms with Crippen LogP contribution >= 0.6 is 0 Å². The lowest BCUT2D eigenvalue weighted by Crippen LogP contribution is -2.37. The monoisotopic (exact) mass is 337 g/mol. The highest BCUT2D eigenvalue weighted by atomic mass is 16.3. The van der Waals surface area contributed by atoms with E-state index in [4.69, 9.17) is 0 Å². The minimum Gasteiger partial charge on any atom is -0.512 e. The van der Waals surface area contributed by atoms with Crippen LogP contribution in [0.2, 0.25) is 0 Å². The van der Waals surface area contributed by atoms with Gasteiger partial charge in [0.2, 0.25) is 0 Å². The second-order valence-corrected chi connectivity index (χ2v) is 7.44. The lowest BCUT2D eigenvalue weighted by molar-refractivity contribution is -0.127. The van der Waals surface area contributed by atoms with E-state index >= 15 is 0 Å². The number of hydrogen-bond acceptors (Lipinski definition) is 3. The molecule has 138 valence electrons. The summed E-state index contributed by atoms with van der Waals surface area (Å²) in [6.45, 7) is 8.38. The molecule has 4 nitrogen and oxygen atoms in total. The van der Waals surface area contributed by atoms with Gasteiger partial charge in [0, 0.05) is 6.54 Å². The lowest BCUT2D eigenvalue weighted by Gasteiger charge is -2.24. The molecule has 1 aliphatic heterocycles. The molecule has 1 N–H and O–H groups in total. The Kier molecular flexibility index (Phi) is 9.09. The Balaban J connectivity index is 2.50. The first-order valence-corrected chi connectivity index (χ1v) is 9.65. The summed E-state index contributed by atoms with van der Waals surface area (Å²) in [5.74, 6) is -0.287. The Bertz CT molecular complexity index is 450. The highest BCUT2D eigenvalue weighted by molar-refractivity contribution is 6.26. The van der Waals surface area contributed by atoms with Crippen molar-refractivity contribution in [3.63, 3.8) is 0 Å². The number of allylic oxidation sites excluding steroid dienone is 1. The maximum absolute atomic E-state index is 12.5. The Labute approximate surface area is 147 Å². The van der Waals surface area contributed by atoms with E-state index in [1.54, 1.807) is 4.90 Å². The average molecular weight is 338 g/mol. The van der Waals surface area contributed by atoms with Crippen LogP contribution in [0.15, 0.2) is 11.3 Å². The first-order chi connectivity index (χ1) is 11.4. The fourth-order valence-electron chi connectivity index (χ4n) is 3.39. The van der Waals surface area contributed by atoms with Crippen molar-refractivity contribution < 1.29 is 14.7 Å². The highest BCUT2D eigenvalue weighted by Gasteiger charge is 2.44. The lowest BCUT2D eigenvalue weighted by atomic mass is 9.99. The van der Waals surface area contributed by atoms with Gasteiger partial charge in [-0.15, -0.1) is 0 Å². The maximum atomic E-state index is 12.5. The number of likely N-dealkylation sites (tertiary alicyclic amines) is 1.